The van der Waals surface area contributed by atoms with Gasteiger partial charge in [-0.25, -0.2) is 4.98 Å². The Morgan fingerprint density at radius 3 is 1.27 bits per heavy atom. The van der Waals surface area contributed by atoms with Crippen molar-refractivity contribution in [2.45, 2.75) is 0 Å². The Kier molecular flexibility index (Phi) is 7.21. The zero-order valence-electron chi connectivity index (χ0n) is 17.5. The molecule has 1 aromatic carbocycles. The summed E-state index contributed by atoms with van der Waals surface area (Å²) < 4.78 is 0. The molecule has 5 aromatic heterocycles. The third-order valence-electron chi connectivity index (χ3n) is 4.95. The molecule has 5 heterocycles. The zero-order chi connectivity index (χ0) is 21.6. The molecule has 0 aliphatic carbocycles. The van der Waals surface area contributed by atoms with Crippen molar-refractivity contribution in [3.8, 4) is 22.8 Å². The predicted octanol–water partition coefficient (Wildman–Crippen LogP) is 5.99. The van der Waals surface area contributed by atoms with Crippen LogP contribution in [-0.4, -0.2) is 24.9 Å². The van der Waals surface area contributed by atoms with Gasteiger partial charge in [-0.05, 0) is 48.5 Å². The molecule has 0 unspecified atom stereocenters. The van der Waals surface area contributed by atoms with Gasteiger partial charge in [-0.2, -0.15) is 0 Å². The molecule has 6 heteroatoms. The molecule has 0 aliphatic heterocycles. The number of hydrogen-bond acceptors (Lipinski definition) is 5. The standard InChI is InChI=1S/C15H11N3.C12H8N2.Pd/c1-3-10-16-12(6-1)14-8-5-9-15(18-14)13-7-2-4-11-17-13;1-3-9-5-6-10-4-2-8-14-12(10)11(9)13-7-1;/h1-11H;1-8H;. The maximum absolute atomic E-state index is 4.59. The first kappa shape index (κ1) is 22.3. The van der Waals surface area contributed by atoms with Crippen molar-refractivity contribution in [2.75, 3.05) is 0 Å². The summed E-state index contributed by atoms with van der Waals surface area (Å²) in [6, 6.07) is 29.6. The number of pyridine rings is 5. The molecule has 5 nitrogen and oxygen atoms in total. The molecule has 162 valence electrons. The van der Waals surface area contributed by atoms with Crippen LogP contribution in [-0.2, 0) is 20.4 Å². The molecule has 0 saturated carbocycles. The summed E-state index contributed by atoms with van der Waals surface area (Å²) in [5, 5.41) is 2.28. The number of benzene rings is 1. The first-order valence-electron chi connectivity index (χ1n) is 10.3. The summed E-state index contributed by atoms with van der Waals surface area (Å²) in [5.74, 6) is 0. The fourth-order valence-corrected chi connectivity index (χ4v) is 3.43. The molecular weight excluding hydrogens is 501 g/mol. The van der Waals surface area contributed by atoms with Gasteiger partial charge in [0.25, 0.3) is 0 Å². The Labute approximate surface area is 205 Å². The fourth-order valence-electron chi connectivity index (χ4n) is 3.43. The van der Waals surface area contributed by atoms with Crippen LogP contribution < -0.4 is 0 Å². The smallest absolute Gasteiger partial charge is 0.0964 e. The Morgan fingerprint density at radius 2 is 0.818 bits per heavy atom. The number of fused-ring (bicyclic) bond motifs is 3. The summed E-state index contributed by atoms with van der Waals surface area (Å²) in [7, 11) is 0. The average molecular weight is 520 g/mol. The van der Waals surface area contributed by atoms with Crippen LogP contribution >= 0.6 is 0 Å². The normalized spacial score (nSPS) is 10.2. The molecular formula is C27H19N5Pd. The number of aromatic nitrogens is 5. The summed E-state index contributed by atoms with van der Waals surface area (Å²) >= 11 is 0. The minimum absolute atomic E-state index is 0. The van der Waals surface area contributed by atoms with Crippen molar-refractivity contribution in [1.82, 2.24) is 24.9 Å². The van der Waals surface area contributed by atoms with Gasteiger partial charge in [0.15, 0.2) is 0 Å². The topological polar surface area (TPSA) is 64.5 Å². The second-order valence-corrected chi connectivity index (χ2v) is 7.05. The first-order chi connectivity index (χ1) is 15.9. The van der Waals surface area contributed by atoms with E-state index in [9.17, 15) is 0 Å². The molecule has 0 N–H and O–H groups in total. The van der Waals surface area contributed by atoms with Gasteiger partial charge >= 0.3 is 0 Å². The van der Waals surface area contributed by atoms with Gasteiger partial charge in [0.1, 0.15) is 0 Å². The molecule has 6 rings (SSSR count). The van der Waals surface area contributed by atoms with E-state index in [0.29, 0.717) is 0 Å². The molecule has 0 saturated heterocycles. The van der Waals surface area contributed by atoms with Crippen molar-refractivity contribution in [3.05, 3.63) is 116 Å². The Hall–Kier alpha value is -3.85. The maximum atomic E-state index is 4.59. The minimum Gasteiger partial charge on any atom is -0.255 e. The van der Waals surface area contributed by atoms with Gasteiger partial charge in [-0.15, -0.1) is 0 Å². The third-order valence-corrected chi connectivity index (χ3v) is 4.95. The zero-order valence-corrected chi connectivity index (χ0v) is 19.1. The summed E-state index contributed by atoms with van der Waals surface area (Å²) in [6.07, 6.45) is 7.14. The largest absolute Gasteiger partial charge is 0.255 e. The number of rotatable bonds is 2. The summed E-state index contributed by atoms with van der Waals surface area (Å²) in [4.78, 5) is 21.9. The van der Waals surface area contributed by atoms with Gasteiger partial charge < -0.3 is 0 Å². The first-order valence-corrected chi connectivity index (χ1v) is 10.3. The monoisotopic (exact) mass is 519 g/mol. The van der Waals surface area contributed by atoms with E-state index in [1.807, 2.05) is 66.7 Å². The third kappa shape index (κ3) is 5.15. The van der Waals surface area contributed by atoms with Crippen LogP contribution in [0.3, 0.4) is 0 Å². The van der Waals surface area contributed by atoms with Crippen molar-refractivity contribution >= 4 is 21.8 Å². The van der Waals surface area contributed by atoms with Crippen molar-refractivity contribution < 1.29 is 20.4 Å². The molecule has 0 fully saturated rings. The molecule has 0 bridgehead atoms. The molecule has 0 spiro atoms. The van der Waals surface area contributed by atoms with Gasteiger partial charge in [-0.3, -0.25) is 19.9 Å². The second kappa shape index (κ2) is 10.6. The van der Waals surface area contributed by atoms with Crippen molar-refractivity contribution in [3.63, 3.8) is 0 Å². The number of nitrogens with zero attached hydrogens (tertiary/aromatic N) is 5. The average Bonchev–Trinajstić information content (AvgIpc) is 2.90. The van der Waals surface area contributed by atoms with Crippen LogP contribution in [0.2, 0.25) is 0 Å². The minimum atomic E-state index is 0. The Balaban J connectivity index is 0.000000157. The summed E-state index contributed by atoms with van der Waals surface area (Å²) in [5.41, 5.74) is 5.42. The molecule has 33 heavy (non-hydrogen) atoms. The fraction of sp³-hybridized carbons (Fsp3) is 0. The number of hydrogen-bond donors (Lipinski definition) is 0. The van der Waals surface area contributed by atoms with E-state index in [0.717, 1.165) is 44.6 Å². The van der Waals surface area contributed by atoms with Crippen molar-refractivity contribution in [1.29, 1.82) is 0 Å². The van der Waals surface area contributed by atoms with Crippen LogP contribution in [0.25, 0.3) is 44.6 Å². The van der Waals surface area contributed by atoms with E-state index in [1.54, 1.807) is 24.8 Å². The van der Waals surface area contributed by atoms with Gasteiger partial charge in [0.2, 0.25) is 0 Å². The molecule has 6 aromatic rings. The van der Waals surface area contributed by atoms with Gasteiger partial charge in [-0.1, -0.05) is 42.5 Å². The Bertz CT molecular complexity index is 1360. The van der Waals surface area contributed by atoms with Crippen LogP contribution in [0.1, 0.15) is 0 Å². The van der Waals surface area contributed by atoms with E-state index in [-0.39, 0.29) is 20.4 Å². The molecule has 0 aliphatic rings. The van der Waals surface area contributed by atoms with E-state index in [2.05, 4.69) is 49.2 Å². The van der Waals surface area contributed by atoms with E-state index >= 15 is 0 Å². The Morgan fingerprint density at radius 1 is 0.364 bits per heavy atom. The van der Waals surface area contributed by atoms with E-state index in [4.69, 9.17) is 0 Å². The van der Waals surface area contributed by atoms with Crippen LogP contribution in [0.4, 0.5) is 0 Å². The molecule has 0 amide bonds. The SMILES string of the molecule is [Pd].c1ccc(-c2cccc(-c3ccccn3)n2)nc1.c1cnc2c(c1)ccc1cccnc12. The van der Waals surface area contributed by atoms with Crippen LogP contribution in [0.5, 0.6) is 0 Å². The van der Waals surface area contributed by atoms with Crippen LogP contribution in [0.15, 0.2) is 116 Å². The predicted molar refractivity (Wildman–Crippen MR) is 128 cm³/mol. The van der Waals surface area contributed by atoms with E-state index in [1.165, 1.54) is 0 Å². The van der Waals surface area contributed by atoms with Crippen molar-refractivity contribution in [2.24, 2.45) is 0 Å². The second-order valence-electron chi connectivity index (χ2n) is 7.05. The van der Waals surface area contributed by atoms with Gasteiger partial charge in [0.05, 0.1) is 33.8 Å². The quantitative estimate of drug-likeness (QED) is 0.208. The van der Waals surface area contributed by atoms with Gasteiger partial charge in [0, 0.05) is 56.0 Å². The molecule has 0 atom stereocenters. The van der Waals surface area contributed by atoms with E-state index < -0.39 is 0 Å². The van der Waals surface area contributed by atoms with Crippen LogP contribution in [0, 0.1) is 0 Å². The molecule has 0 radical (unpaired) electrons. The summed E-state index contributed by atoms with van der Waals surface area (Å²) in [6.45, 7) is 0. The maximum Gasteiger partial charge on any atom is 0.0964 e.